The van der Waals surface area contributed by atoms with Gasteiger partial charge in [0, 0.05) is 39.5 Å². The van der Waals surface area contributed by atoms with Crippen LogP contribution < -0.4 is 9.80 Å². The molecule has 0 aliphatic heterocycles. The van der Waals surface area contributed by atoms with Crippen molar-refractivity contribution in [3.63, 3.8) is 0 Å². The third-order valence-corrected chi connectivity index (χ3v) is 10.7. The minimum Gasteiger partial charge on any atom is -0.311 e. The Bertz CT molecular complexity index is 2490. The molecule has 0 atom stereocenters. The Hall–Kier alpha value is -6.64. The maximum absolute atomic E-state index is 2.37. The van der Waals surface area contributed by atoms with Crippen LogP contribution in [0.2, 0.25) is 0 Å². The van der Waals surface area contributed by atoms with Gasteiger partial charge in [-0.05, 0) is 117 Å². The molecule has 0 saturated carbocycles. The molecule has 0 saturated heterocycles. The zero-order valence-electron chi connectivity index (χ0n) is 30.0. The number of fused-ring (bicyclic) bond motifs is 3. The summed E-state index contributed by atoms with van der Waals surface area (Å²) in [6.45, 7) is 4.67. The van der Waals surface area contributed by atoms with Crippen molar-refractivity contribution in [1.29, 1.82) is 0 Å². The molecule has 2 heteroatoms. The van der Waals surface area contributed by atoms with Gasteiger partial charge in [0.15, 0.2) is 0 Å². The minimum absolute atomic E-state index is 0.0235. The zero-order valence-corrected chi connectivity index (χ0v) is 30.0. The second kappa shape index (κ2) is 13.5. The molecule has 0 amide bonds. The van der Waals surface area contributed by atoms with E-state index in [4.69, 9.17) is 0 Å². The molecular weight excluding hydrogens is 641 g/mol. The molecule has 9 rings (SSSR count). The van der Waals surface area contributed by atoms with Crippen LogP contribution in [0.3, 0.4) is 0 Å². The Kier molecular flexibility index (Phi) is 8.21. The molecule has 8 aromatic rings. The smallest absolute Gasteiger partial charge is 0.0468 e. The SMILES string of the molecule is CC1(C)c2ccccc2-c2cc(N(c3ccccc3)c3ccc(-c4ccc(N(c5ccccc5)c5ccc(-c6ccccc6)cc5)cc4)cc3)ccc21. The van der Waals surface area contributed by atoms with Gasteiger partial charge >= 0.3 is 0 Å². The predicted molar refractivity (Wildman–Crippen MR) is 224 cm³/mol. The largest absolute Gasteiger partial charge is 0.311 e. The van der Waals surface area contributed by atoms with Crippen LogP contribution >= 0.6 is 0 Å². The molecule has 8 aromatic carbocycles. The molecular formula is C51H40N2. The highest BCUT2D eigenvalue weighted by Crippen LogP contribution is 2.50. The van der Waals surface area contributed by atoms with Crippen molar-refractivity contribution in [2.24, 2.45) is 0 Å². The van der Waals surface area contributed by atoms with E-state index in [0.29, 0.717) is 0 Å². The van der Waals surface area contributed by atoms with Crippen molar-refractivity contribution < 1.29 is 0 Å². The van der Waals surface area contributed by atoms with Gasteiger partial charge in [0.2, 0.25) is 0 Å². The molecule has 2 nitrogen and oxygen atoms in total. The van der Waals surface area contributed by atoms with Crippen molar-refractivity contribution in [3.8, 4) is 33.4 Å². The summed E-state index contributed by atoms with van der Waals surface area (Å²) < 4.78 is 0. The van der Waals surface area contributed by atoms with Gasteiger partial charge in [-0.15, -0.1) is 0 Å². The number of nitrogens with zero attached hydrogens (tertiary/aromatic N) is 2. The monoisotopic (exact) mass is 680 g/mol. The van der Waals surface area contributed by atoms with Crippen LogP contribution in [0, 0.1) is 0 Å². The number of rotatable bonds is 8. The Morgan fingerprint density at radius 1 is 0.283 bits per heavy atom. The van der Waals surface area contributed by atoms with Gasteiger partial charge in [-0.3, -0.25) is 0 Å². The highest BCUT2D eigenvalue weighted by molar-refractivity contribution is 5.87. The Labute approximate surface area is 312 Å². The molecule has 0 bridgehead atoms. The Balaban J connectivity index is 1.03. The van der Waals surface area contributed by atoms with E-state index < -0.39 is 0 Å². The number of hydrogen-bond donors (Lipinski definition) is 0. The topological polar surface area (TPSA) is 6.48 Å². The molecule has 0 heterocycles. The van der Waals surface area contributed by atoms with Gasteiger partial charge in [-0.1, -0.05) is 147 Å². The van der Waals surface area contributed by atoms with E-state index >= 15 is 0 Å². The number of anilines is 6. The summed E-state index contributed by atoms with van der Waals surface area (Å²) >= 11 is 0. The normalized spacial score (nSPS) is 12.5. The van der Waals surface area contributed by atoms with Crippen LogP contribution in [0.4, 0.5) is 34.1 Å². The van der Waals surface area contributed by atoms with Crippen molar-refractivity contribution in [2.45, 2.75) is 19.3 Å². The summed E-state index contributed by atoms with van der Waals surface area (Å²) in [5.41, 5.74) is 16.9. The predicted octanol–water partition coefficient (Wildman–Crippen LogP) is 14.3. The molecule has 0 unspecified atom stereocenters. The molecule has 53 heavy (non-hydrogen) atoms. The average molecular weight is 681 g/mol. The first-order valence-corrected chi connectivity index (χ1v) is 18.4. The van der Waals surface area contributed by atoms with Crippen LogP contribution in [-0.4, -0.2) is 0 Å². The first-order chi connectivity index (χ1) is 26.0. The zero-order chi connectivity index (χ0) is 35.8. The third-order valence-electron chi connectivity index (χ3n) is 10.7. The van der Waals surface area contributed by atoms with Crippen LogP contribution in [0.25, 0.3) is 33.4 Å². The van der Waals surface area contributed by atoms with E-state index in [-0.39, 0.29) is 5.41 Å². The molecule has 0 N–H and O–H groups in total. The molecule has 0 spiro atoms. The van der Waals surface area contributed by atoms with Gasteiger partial charge in [-0.2, -0.15) is 0 Å². The summed E-state index contributed by atoms with van der Waals surface area (Å²) in [6.07, 6.45) is 0. The van der Waals surface area contributed by atoms with Gasteiger partial charge in [0.25, 0.3) is 0 Å². The lowest BCUT2D eigenvalue weighted by Crippen LogP contribution is -2.15. The first kappa shape index (κ1) is 32.3. The summed E-state index contributed by atoms with van der Waals surface area (Å²) in [4.78, 5) is 4.68. The molecule has 1 aliphatic carbocycles. The molecule has 254 valence electrons. The van der Waals surface area contributed by atoms with E-state index in [9.17, 15) is 0 Å². The molecule has 0 radical (unpaired) electrons. The van der Waals surface area contributed by atoms with Crippen molar-refractivity contribution in [1.82, 2.24) is 0 Å². The van der Waals surface area contributed by atoms with Crippen LogP contribution in [0.5, 0.6) is 0 Å². The van der Waals surface area contributed by atoms with E-state index in [2.05, 4.69) is 230 Å². The number of hydrogen-bond acceptors (Lipinski definition) is 2. The number of benzene rings is 8. The second-order valence-electron chi connectivity index (χ2n) is 14.2. The van der Waals surface area contributed by atoms with E-state index in [1.807, 2.05) is 0 Å². The summed E-state index contributed by atoms with van der Waals surface area (Å²) in [6, 6.07) is 74.3. The lowest BCUT2D eigenvalue weighted by Gasteiger charge is -2.27. The maximum atomic E-state index is 2.37. The minimum atomic E-state index is -0.0235. The van der Waals surface area contributed by atoms with Crippen molar-refractivity contribution in [3.05, 3.63) is 217 Å². The van der Waals surface area contributed by atoms with Gasteiger partial charge in [-0.25, -0.2) is 0 Å². The van der Waals surface area contributed by atoms with Gasteiger partial charge in [0.05, 0.1) is 0 Å². The molecule has 0 aromatic heterocycles. The number of para-hydroxylation sites is 2. The summed E-state index contributed by atoms with van der Waals surface area (Å²) in [5.74, 6) is 0. The average Bonchev–Trinajstić information content (AvgIpc) is 3.45. The third kappa shape index (κ3) is 5.99. The fraction of sp³-hybridized carbons (Fsp3) is 0.0588. The Morgan fingerprint density at radius 3 is 1.11 bits per heavy atom. The second-order valence-corrected chi connectivity index (χ2v) is 14.2. The first-order valence-electron chi connectivity index (χ1n) is 18.4. The van der Waals surface area contributed by atoms with Crippen molar-refractivity contribution in [2.75, 3.05) is 9.80 Å². The van der Waals surface area contributed by atoms with Crippen LogP contribution in [0.1, 0.15) is 25.0 Å². The lowest BCUT2D eigenvalue weighted by molar-refractivity contribution is 0.660. The van der Waals surface area contributed by atoms with E-state index in [0.717, 1.165) is 34.1 Å². The molecule has 1 aliphatic rings. The summed E-state index contributed by atoms with van der Waals surface area (Å²) in [5, 5.41) is 0. The van der Waals surface area contributed by atoms with Gasteiger partial charge in [0.1, 0.15) is 0 Å². The standard InChI is InChI=1S/C51H40N2/c1-51(2)49-21-13-12-20-47(49)48-36-46(34-35-50(48)51)53(42-18-10-5-11-19-42)45-32-26-40(27-33-45)39-24-30-44(31-25-39)52(41-16-8-4-9-17-41)43-28-22-38(23-29-43)37-14-6-3-7-15-37/h3-36H,1-2H3. The fourth-order valence-electron chi connectivity index (χ4n) is 7.94. The van der Waals surface area contributed by atoms with E-state index in [1.54, 1.807) is 0 Å². The fourth-order valence-corrected chi connectivity index (χ4v) is 7.94. The highest BCUT2D eigenvalue weighted by Gasteiger charge is 2.35. The molecule has 0 fully saturated rings. The maximum Gasteiger partial charge on any atom is 0.0468 e. The van der Waals surface area contributed by atoms with E-state index in [1.165, 1.54) is 44.5 Å². The van der Waals surface area contributed by atoms with Crippen LogP contribution in [-0.2, 0) is 5.41 Å². The Morgan fingerprint density at radius 2 is 0.623 bits per heavy atom. The lowest BCUT2D eigenvalue weighted by atomic mass is 9.82. The van der Waals surface area contributed by atoms with Crippen molar-refractivity contribution >= 4 is 34.1 Å². The van der Waals surface area contributed by atoms with Crippen LogP contribution in [0.15, 0.2) is 206 Å². The summed E-state index contributed by atoms with van der Waals surface area (Å²) in [7, 11) is 0. The highest BCUT2D eigenvalue weighted by atomic mass is 15.1. The quantitative estimate of drug-likeness (QED) is 0.158. The van der Waals surface area contributed by atoms with Gasteiger partial charge < -0.3 is 9.80 Å².